The van der Waals surface area contributed by atoms with Crippen LogP contribution in [0.1, 0.15) is 33.2 Å². The summed E-state index contributed by atoms with van der Waals surface area (Å²) in [5.74, 6) is 1.98. The van der Waals surface area contributed by atoms with Crippen LogP contribution in [0.25, 0.3) is 0 Å². The van der Waals surface area contributed by atoms with Gasteiger partial charge in [-0.2, -0.15) is 4.98 Å². The van der Waals surface area contributed by atoms with Gasteiger partial charge in [0.2, 0.25) is 11.7 Å². The minimum Gasteiger partial charge on any atom is -0.496 e. The molecule has 1 amide bonds. The summed E-state index contributed by atoms with van der Waals surface area (Å²) < 4.78 is 16.0. The normalized spacial score (nSPS) is 10.5. The van der Waals surface area contributed by atoms with Gasteiger partial charge in [0, 0.05) is 13.5 Å². The SMILES string of the molecule is COc1ccc(C)cc1CCNC(=O)c1ccccc1OCc1noc(C)n1. The Morgan fingerprint density at radius 2 is 1.96 bits per heavy atom. The summed E-state index contributed by atoms with van der Waals surface area (Å²) in [5, 5.41) is 6.73. The molecule has 0 bridgehead atoms. The molecule has 7 nitrogen and oxygen atoms in total. The van der Waals surface area contributed by atoms with Crippen molar-refractivity contribution in [2.75, 3.05) is 13.7 Å². The third-order valence-electron chi connectivity index (χ3n) is 4.17. The van der Waals surface area contributed by atoms with E-state index < -0.39 is 0 Å². The van der Waals surface area contributed by atoms with Gasteiger partial charge in [-0.15, -0.1) is 0 Å². The Balaban J connectivity index is 1.61. The van der Waals surface area contributed by atoms with E-state index in [1.807, 2.05) is 25.1 Å². The number of amides is 1. The van der Waals surface area contributed by atoms with E-state index in [4.69, 9.17) is 14.0 Å². The molecular formula is C21H23N3O4. The summed E-state index contributed by atoms with van der Waals surface area (Å²) in [6, 6.07) is 13.1. The molecule has 3 aromatic rings. The molecular weight excluding hydrogens is 358 g/mol. The maximum absolute atomic E-state index is 12.6. The van der Waals surface area contributed by atoms with Crippen molar-refractivity contribution in [2.45, 2.75) is 26.9 Å². The average Bonchev–Trinajstić information content (AvgIpc) is 3.12. The Morgan fingerprint density at radius 1 is 1.14 bits per heavy atom. The number of aryl methyl sites for hydroxylation is 2. The number of carbonyl (C=O) groups is 1. The maximum Gasteiger partial charge on any atom is 0.255 e. The molecule has 0 aliphatic carbocycles. The van der Waals surface area contributed by atoms with Crippen LogP contribution in [0.5, 0.6) is 11.5 Å². The fourth-order valence-corrected chi connectivity index (χ4v) is 2.83. The molecule has 28 heavy (non-hydrogen) atoms. The number of ether oxygens (including phenoxy) is 2. The van der Waals surface area contributed by atoms with Gasteiger partial charge in [0.1, 0.15) is 11.5 Å². The van der Waals surface area contributed by atoms with Crippen molar-refractivity contribution in [1.82, 2.24) is 15.5 Å². The second-order valence-electron chi connectivity index (χ2n) is 6.34. The predicted molar refractivity (Wildman–Crippen MR) is 104 cm³/mol. The minimum atomic E-state index is -0.202. The fraction of sp³-hybridized carbons (Fsp3) is 0.286. The predicted octanol–water partition coefficient (Wildman–Crippen LogP) is 3.25. The van der Waals surface area contributed by atoms with E-state index in [9.17, 15) is 4.79 Å². The average molecular weight is 381 g/mol. The zero-order valence-electron chi connectivity index (χ0n) is 16.2. The molecule has 0 atom stereocenters. The zero-order chi connectivity index (χ0) is 19.9. The molecule has 1 heterocycles. The van der Waals surface area contributed by atoms with Crippen LogP contribution in [-0.2, 0) is 13.0 Å². The van der Waals surface area contributed by atoms with Crippen LogP contribution in [0, 0.1) is 13.8 Å². The van der Waals surface area contributed by atoms with E-state index in [1.54, 1.807) is 32.2 Å². The van der Waals surface area contributed by atoms with Crippen LogP contribution in [-0.4, -0.2) is 29.7 Å². The largest absolute Gasteiger partial charge is 0.496 e. The van der Waals surface area contributed by atoms with E-state index in [2.05, 4.69) is 21.5 Å². The van der Waals surface area contributed by atoms with E-state index in [0.29, 0.717) is 36.0 Å². The van der Waals surface area contributed by atoms with Crippen molar-refractivity contribution in [2.24, 2.45) is 0 Å². The first-order valence-corrected chi connectivity index (χ1v) is 8.99. The van der Waals surface area contributed by atoms with Crippen molar-refractivity contribution in [3.63, 3.8) is 0 Å². The minimum absolute atomic E-state index is 0.127. The molecule has 2 aromatic carbocycles. The summed E-state index contributed by atoms with van der Waals surface area (Å²) in [5.41, 5.74) is 2.66. The zero-order valence-corrected chi connectivity index (χ0v) is 16.2. The summed E-state index contributed by atoms with van der Waals surface area (Å²) in [6.07, 6.45) is 0.668. The highest BCUT2D eigenvalue weighted by atomic mass is 16.5. The van der Waals surface area contributed by atoms with Gasteiger partial charge in [-0.1, -0.05) is 35.0 Å². The topological polar surface area (TPSA) is 86.5 Å². The van der Waals surface area contributed by atoms with Gasteiger partial charge in [-0.3, -0.25) is 4.79 Å². The maximum atomic E-state index is 12.6. The summed E-state index contributed by atoms with van der Waals surface area (Å²) >= 11 is 0. The second kappa shape index (κ2) is 9.03. The van der Waals surface area contributed by atoms with Gasteiger partial charge in [-0.25, -0.2) is 0 Å². The molecule has 0 saturated carbocycles. The lowest BCUT2D eigenvalue weighted by molar-refractivity contribution is 0.0949. The smallest absolute Gasteiger partial charge is 0.255 e. The number of hydrogen-bond donors (Lipinski definition) is 1. The number of carbonyl (C=O) groups excluding carboxylic acids is 1. The first kappa shape index (κ1) is 19.4. The lowest BCUT2D eigenvalue weighted by Gasteiger charge is -2.12. The molecule has 1 N–H and O–H groups in total. The number of hydrogen-bond acceptors (Lipinski definition) is 6. The van der Waals surface area contributed by atoms with Gasteiger partial charge in [0.05, 0.1) is 12.7 Å². The molecule has 0 spiro atoms. The van der Waals surface area contributed by atoms with E-state index in [1.165, 1.54) is 0 Å². The summed E-state index contributed by atoms with van der Waals surface area (Å²) in [6.45, 7) is 4.35. The molecule has 0 unspecified atom stereocenters. The third kappa shape index (κ3) is 4.88. The van der Waals surface area contributed by atoms with Crippen LogP contribution in [0.4, 0.5) is 0 Å². The van der Waals surface area contributed by atoms with Crippen LogP contribution in [0.3, 0.4) is 0 Å². The molecule has 1 aromatic heterocycles. The van der Waals surface area contributed by atoms with Crippen molar-refractivity contribution in [3.05, 3.63) is 70.9 Å². The molecule has 0 saturated heterocycles. The number of benzene rings is 2. The van der Waals surface area contributed by atoms with Gasteiger partial charge in [-0.05, 0) is 37.1 Å². The van der Waals surface area contributed by atoms with Gasteiger partial charge in [0.15, 0.2) is 6.61 Å². The molecule has 0 aliphatic heterocycles. The first-order valence-electron chi connectivity index (χ1n) is 8.99. The number of nitrogens with zero attached hydrogens (tertiary/aromatic N) is 2. The van der Waals surface area contributed by atoms with E-state index >= 15 is 0 Å². The Labute approximate surface area is 163 Å². The number of para-hydroxylation sites is 1. The first-order chi connectivity index (χ1) is 13.6. The van der Waals surface area contributed by atoms with Gasteiger partial charge in [0.25, 0.3) is 5.91 Å². The Bertz CT molecular complexity index is 952. The van der Waals surface area contributed by atoms with Crippen molar-refractivity contribution < 1.29 is 18.8 Å². The molecule has 146 valence electrons. The highest BCUT2D eigenvalue weighted by Crippen LogP contribution is 2.21. The summed E-state index contributed by atoms with van der Waals surface area (Å²) in [7, 11) is 1.64. The second-order valence-corrected chi connectivity index (χ2v) is 6.34. The van der Waals surface area contributed by atoms with Gasteiger partial charge < -0.3 is 19.3 Å². The summed E-state index contributed by atoms with van der Waals surface area (Å²) in [4.78, 5) is 16.7. The molecule has 0 aliphatic rings. The van der Waals surface area contributed by atoms with Crippen molar-refractivity contribution in [1.29, 1.82) is 0 Å². The van der Waals surface area contributed by atoms with Crippen LogP contribution in [0.15, 0.2) is 47.0 Å². The molecule has 3 rings (SSSR count). The molecule has 7 heteroatoms. The number of rotatable bonds is 8. The fourth-order valence-electron chi connectivity index (χ4n) is 2.83. The number of nitrogens with one attached hydrogen (secondary N) is 1. The number of aromatic nitrogens is 2. The monoisotopic (exact) mass is 381 g/mol. The highest BCUT2D eigenvalue weighted by Gasteiger charge is 2.13. The van der Waals surface area contributed by atoms with E-state index in [0.717, 1.165) is 16.9 Å². The lowest BCUT2D eigenvalue weighted by Crippen LogP contribution is -2.26. The van der Waals surface area contributed by atoms with Crippen LogP contribution < -0.4 is 14.8 Å². The molecule has 0 radical (unpaired) electrons. The van der Waals surface area contributed by atoms with E-state index in [-0.39, 0.29) is 12.5 Å². The lowest BCUT2D eigenvalue weighted by atomic mass is 10.1. The standard InChI is InChI=1S/C21H23N3O4/c1-14-8-9-18(26-3)16(12-14)10-11-22-21(25)17-6-4-5-7-19(17)27-13-20-23-15(2)28-24-20/h4-9,12H,10-11,13H2,1-3H3,(H,22,25). The third-order valence-corrected chi connectivity index (χ3v) is 4.17. The highest BCUT2D eigenvalue weighted by molar-refractivity contribution is 5.96. The quantitative estimate of drug-likeness (QED) is 0.645. The van der Waals surface area contributed by atoms with Gasteiger partial charge >= 0.3 is 0 Å². The van der Waals surface area contributed by atoms with Crippen molar-refractivity contribution in [3.8, 4) is 11.5 Å². The molecule has 0 fully saturated rings. The van der Waals surface area contributed by atoms with Crippen LogP contribution in [0.2, 0.25) is 0 Å². The number of methoxy groups -OCH3 is 1. The Morgan fingerprint density at radius 3 is 2.71 bits per heavy atom. The van der Waals surface area contributed by atoms with Crippen molar-refractivity contribution >= 4 is 5.91 Å². The Kier molecular flexibility index (Phi) is 6.26. The Hall–Kier alpha value is -3.35. The van der Waals surface area contributed by atoms with Crippen LogP contribution >= 0.6 is 0 Å².